The molecule has 0 saturated heterocycles. The molecule has 0 bridgehead atoms. The second kappa shape index (κ2) is 4.31. The van der Waals surface area contributed by atoms with Crippen LogP contribution in [0.4, 0.5) is 5.82 Å². The van der Waals surface area contributed by atoms with E-state index in [1.165, 1.54) is 0 Å². The van der Waals surface area contributed by atoms with E-state index >= 15 is 0 Å². The SMILES string of the molecule is CNc1ccc(-c2cc3ccc(O)cc3o2)c(C)n1. The molecule has 2 aromatic heterocycles. The number of anilines is 1. The first kappa shape index (κ1) is 11.6. The third kappa shape index (κ3) is 2.01. The monoisotopic (exact) mass is 254 g/mol. The van der Waals surface area contributed by atoms with Crippen LogP contribution in [-0.2, 0) is 0 Å². The van der Waals surface area contributed by atoms with Gasteiger partial charge >= 0.3 is 0 Å². The normalized spacial score (nSPS) is 10.8. The van der Waals surface area contributed by atoms with E-state index in [-0.39, 0.29) is 5.75 Å². The molecule has 2 N–H and O–H groups in total. The number of rotatable bonds is 2. The summed E-state index contributed by atoms with van der Waals surface area (Å²) in [6.07, 6.45) is 0. The smallest absolute Gasteiger partial charge is 0.138 e. The van der Waals surface area contributed by atoms with Crippen LogP contribution < -0.4 is 5.32 Å². The fourth-order valence-electron chi connectivity index (χ4n) is 2.11. The minimum Gasteiger partial charge on any atom is -0.508 e. The van der Waals surface area contributed by atoms with Gasteiger partial charge < -0.3 is 14.8 Å². The van der Waals surface area contributed by atoms with E-state index in [2.05, 4.69) is 10.3 Å². The lowest BCUT2D eigenvalue weighted by Crippen LogP contribution is -1.94. The van der Waals surface area contributed by atoms with E-state index in [9.17, 15) is 5.11 Å². The van der Waals surface area contributed by atoms with Gasteiger partial charge in [0.2, 0.25) is 0 Å². The van der Waals surface area contributed by atoms with E-state index in [1.807, 2.05) is 38.2 Å². The Morgan fingerprint density at radius 1 is 1.16 bits per heavy atom. The maximum atomic E-state index is 9.45. The zero-order valence-corrected chi connectivity index (χ0v) is 10.8. The van der Waals surface area contributed by atoms with Crippen LogP contribution in [0, 0.1) is 6.92 Å². The predicted octanol–water partition coefficient (Wildman–Crippen LogP) is 3.55. The average Bonchev–Trinajstić information content (AvgIpc) is 2.81. The van der Waals surface area contributed by atoms with Gasteiger partial charge in [-0.15, -0.1) is 0 Å². The number of fused-ring (bicyclic) bond motifs is 1. The van der Waals surface area contributed by atoms with Gasteiger partial charge in [0.25, 0.3) is 0 Å². The summed E-state index contributed by atoms with van der Waals surface area (Å²) in [6.45, 7) is 1.95. The third-order valence-electron chi connectivity index (χ3n) is 3.11. The lowest BCUT2D eigenvalue weighted by atomic mass is 10.1. The van der Waals surface area contributed by atoms with Crippen LogP contribution in [0.5, 0.6) is 5.75 Å². The van der Waals surface area contributed by atoms with Crippen LogP contribution in [0.3, 0.4) is 0 Å². The molecule has 3 rings (SSSR count). The number of aryl methyl sites for hydroxylation is 1. The molecule has 0 aliphatic rings. The molecule has 0 spiro atoms. The van der Waals surface area contributed by atoms with Gasteiger partial charge in [-0.1, -0.05) is 0 Å². The first-order valence-electron chi connectivity index (χ1n) is 6.06. The number of hydrogen-bond donors (Lipinski definition) is 2. The van der Waals surface area contributed by atoms with Crippen LogP contribution in [0.15, 0.2) is 40.8 Å². The van der Waals surface area contributed by atoms with Crippen molar-refractivity contribution in [3.05, 3.63) is 42.1 Å². The van der Waals surface area contributed by atoms with Gasteiger partial charge in [0.15, 0.2) is 0 Å². The molecule has 0 fully saturated rings. The van der Waals surface area contributed by atoms with Gasteiger partial charge in [-0.05, 0) is 37.3 Å². The second-order valence-electron chi connectivity index (χ2n) is 4.41. The van der Waals surface area contributed by atoms with Gasteiger partial charge in [-0.3, -0.25) is 0 Å². The molecule has 1 aromatic carbocycles. The summed E-state index contributed by atoms with van der Waals surface area (Å²) in [6, 6.07) is 10.9. The molecule has 0 saturated carbocycles. The summed E-state index contributed by atoms with van der Waals surface area (Å²) in [7, 11) is 1.84. The van der Waals surface area contributed by atoms with E-state index < -0.39 is 0 Å². The van der Waals surface area contributed by atoms with Crippen LogP contribution >= 0.6 is 0 Å². The van der Waals surface area contributed by atoms with E-state index in [0.717, 1.165) is 28.2 Å². The van der Waals surface area contributed by atoms with Gasteiger partial charge in [0, 0.05) is 24.1 Å². The Balaban J connectivity index is 2.13. The van der Waals surface area contributed by atoms with Gasteiger partial charge in [-0.2, -0.15) is 0 Å². The first-order chi connectivity index (χ1) is 9.17. The largest absolute Gasteiger partial charge is 0.508 e. The number of phenols is 1. The molecule has 0 aliphatic carbocycles. The van der Waals surface area contributed by atoms with Crippen molar-refractivity contribution in [1.82, 2.24) is 4.98 Å². The summed E-state index contributed by atoms with van der Waals surface area (Å²) in [5.74, 6) is 1.79. The second-order valence-corrected chi connectivity index (χ2v) is 4.41. The van der Waals surface area contributed by atoms with Gasteiger partial charge in [-0.25, -0.2) is 4.98 Å². The minimum absolute atomic E-state index is 0.203. The summed E-state index contributed by atoms with van der Waals surface area (Å²) >= 11 is 0. The molecule has 0 unspecified atom stereocenters. The van der Waals surface area contributed by atoms with Crippen LogP contribution in [0.2, 0.25) is 0 Å². The third-order valence-corrected chi connectivity index (χ3v) is 3.11. The van der Waals surface area contributed by atoms with Crippen LogP contribution in [0.25, 0.3) is 22.3 Å². The molecule has 0 radical (unpaired) electrons. The number of phenolic OH excluding ortho intramolecular Hbond substituents is 1. The number of nitrogens with zero attached hydrogens (tertiary/aromatic N) is 1. The average molecular weight is 254 g/mol. The lowest BCUT2D eigenvalue weighted by Gasteiger charge is -2.04. The quantitative estimate of drug-likeness (QED) is 0.734. The van der Waals surface area contributed by atoms with Crippen LogP contribution in [-0.4, -0.2) is 17.1 Å². The highest BCUT2D eigenvalue weighted by molar-refractivity contribution is 5.84. The van der Waals surface area contributed by atoms with E-state index in [0.29, 0.717) is 5.58 Å². The van der Waals surface area contributed by atoms with Crippen LogP contribution in [0.1, 0.15) is 5.69 Å². The molecule has 96 valence electrons. The molecular weight excluding hydrogens is 240 g/mol. The molecule has 4 heteroatoms. The van der Waals surface area contributed by atoms with Gasteiger partial charge in [0.1, 0.15) is 22.9 Å². The van der Waals surface area contributed by atoms with Crippen molar-refractivity contribution < 1.29 is 9.52 Å². The number of furan rings is 1. The zero-order valence-electron chi connectivity index (χ0n) is 10.8. The lowest BCUT2D eigenvalue weighted by molar-refractivity contribution is 0.474. The zero-order chi connectivity index (χ0) is 13.4. The summed E-state index contributed by atoms with van der Waals surface area (Å²) in [5, 5.41) is 13.4. The van der Waals surface area contributed by atoms with Crippen molar-refractivity contribution >= 4 is 16.8 Å². The first-order valence-corrected chi connectivity index (χ1v) is 6.06. The summed E-state index contributed by atoms with van der Waals surface area (Å²) in [4.78, 5) is 4.44. The van der Waals surface area contributed by atoms with Crippen molar-refractivity contribution in [1.29, 1.82) is 0 Å². The molecule has 0 amide bonds. The van der Waals surface area contributed by atoms with Crippen molar-refractivity contribution in [2.24, 2.45) is 0 Å². The van der Waals surface area contributed by atoms with Crippen molar-refractivity contribution in [3.8, 4) is 17.1 Å². The molecule has 0 atom stereocenters. The minimum atomic E-state index is 0.203. The maximum Gasteiger partial charge on any atom is 0.138 e. The Labute approximate surface area is 110 Å². The van der Waals surface area contributed by atoms with Crippen molar-refractivity contribution in [2.75, 3.05) is 12.4 Å². The molecule has 19 heavy (non-hydrogen) atoms. The number of nitrogens with one attached hydrogen (secondary N) is 1. The predicted molar refractivity (Wildman–Crippen MR) is 75.4 cm³/mol. The van der Waals surface area contributed by atoms with Gasteiger partial charge in [0.05, 0.1) is 5.69 Å². The van der Waals surface area contributed by atoms with Crippen molar-refractivity contribution in [3.63, 3.8) is 0 Å². The van der Waals surface area contributed by atoms with E-state index in [4.69, 9.17) is 4.42 Å². The number of aromatic hydroxyl groups is 1. The highest BCUT2D eigenvalue weighted by Crippen LogP contribution is 2.31. The summed E-state index contributed by atoms with van der Waals surface area (Å²) < 4.78 is 5.77. The van der Waals surface area contributed by atoms with E-state index in [1.54, 1.807) is 12.1 Å². The molecule has 3 aromatic rings. The number of benzene rings is 1. The maximum absolute atomic E-state index is 9.45. The number of hydrogen-bond acceptors (Lipinski definition) is 4. The number of pyridine rings is 1. The Morgan fingerprint density at radius 2 is 2.00 bits per heavy atom. The molecule has 2 heterocycles. The Hall–Kier alpha value is -2.49. The Bertz CT molecular complexity index is 747. The fraction of sp³-hybridized carbons (Fsp3) is 0.133. The topological polar surface area (TPSA) is 58.3 Å². The molecular formula is C15H14N2O2. The molecule has 0 aliphatic heterocycles. The Morgan fingerprint density at radius 3 is 2.74 bits per heavy atom. The highest BCUT2D eigenvalue weighted by atomic mass is 16.3. The van der Waals surface area contributed by atoms with Crippen molar-refractivity contribution in [2.45, 2.75) is 6.92 Å². The summed E-state index contributed by atoms with van der Waals surface area (Å²) in [5.41, 5.74) is 2.52. The molecule has 4 nitrogen and oxygen atoms in total. The number of aromatic nitrogens is 1. The Kier molecular flexibility index (Phi) is 2.63. The fourth-order valence-corrected chi connectivity index (χ4v) is 2.11. The standard InChI is InChI=1S/C15H14N2O2/c1-9-12(5-6-15(16-2)17-9)14-7-10-3-4-11(18)8-13(10)19-14/h3-8,18H,1-2H3,(H,16,17). The highest BCUT2D eigenvalue weighted by Gasteiger charge is 2.10.